The fraction of sp³-hybridized carbons (Fsp3) is 0.156. The third kappa shape index (κ3) is 5.04. The smallest absolute Gasteiger partial charge is 0.150 e. The van der Waals surface area contributed by atoms with Crippen molar-refractivity contribution in [3.05, 3.63) is 121 Å². The number of aldehydes is 1. The first-order chi connectivity index (χ1) is 17.2. The van der Waals surface area contributed by atoms with Gasteiger partial charge in [-0.15, -0.1) is 0 Å². The SMILES string of the molecule is C1=CC2CCC1C2.Nc1ccccc1.O=Cc1ccc2c3ccccc3n(-c3ccccc3)c2c1. The molecule has 0 saturated heterocycles. The lowest BCUT2D eigenvalue weighted by atomic mass is 10.1. The monoisotopic (exact) mass is 458 g/mol. The number of carbonyl (C=O) groups is 1. The molecule has 2 aliphatic rings. The second kappa shape index (κ2) is 10.4. The molecule has 0 aliphatic heterocycles. The number of nitrogens with zero attached hydrogens (tertiary/aromatic N) is 1. The van der Waals surface area contributed by atoms with E-state index in [-0.39, 0.29) is 0 Å². The number of hydrogen-bond donors (Lipinski definition) is 1. The van der Waals surface area contributed by atoms with Gasteiger partial charge in [0.15, 0.2) is 0 Å². The first-order valence-electron chi connectivity index (χ1n) is 12.3. The van der Waals surface area contributed by atoms with E-state index in [9.17, 15) is 4.79 Å². The van der Waals surface area contributed by atoms with Crippen molar-refractivity contribution in [2.24, 2.45) is 11.8 Å². The Bertz CT molecular complexity index is 1440. The second-order valence-electron chi connectivity index (χ2n) is 9.21. The Morgan fingerprint density at radius 3 is 1.83 bits per heavy atom. The van der Waals surface area contributed by atoms with E-state index in [0.717, 1.165) is 40.5 Å². The molecular weight excluding hydrogens is 428 g/mol. The summed E-state index contributed by atoms with van der Waals surface area (Å²) in [6, 6.07) is 33.9. The van der Waals surface area contributed by atoms with E-state index in [1.807, 2.05) is 78.9 Å². The molecule has 35 heavy (non-hydrogen) atoms. The third-order valence-electron chi connectivity index (χ3n) is 6.82. The minimum absolute atomic E-state index is 0.697. The van der Waals surface area contributed by atoms with E-state index < -0.39 is 0 Å². The summed E-state index contributed by atoms with van der Waals surface area (Å²) in [6.07, 6.45) is 10.1. The maximum Gasteiger partial charge on any atom is 0.150 e. The van der Waals surface area contributed by atoms with Gasteiger partial charge in [-0.3, -0.25) is 4.79 Å². The molecule has 2 aliphatic carbocycles. The number of para-hydroxylation sites is 3. The molecule has 1 heterocycles. The van der Waals surface area contributed by atoms with Crippen LogP contribution in [0.2, 0.25) is 0 Å². The zero-order valence-corrected chi connectivity index (χ0v) is 19.8. The number of hydrogen-bond acceptors (Lipinski definition) is 2. The quantitative estimate of drug-likeness (QED) is 0.166. The third-order valence-corrected chi connectivity index (χ3v) is 6.82. The van der Waals surface area contributed by atoms with Crippen LogP contribution in [0.1, 0.15) is 29.6 Å². The van der Waals surface area contributed by atoms with Crippen molar-refractivity contribution in [1.82, 2.24) is 4.57 Å². The summed E-state index contributed by atoms with van der Waals surface area (Å²) in [7, 11) is 0. The molecule has 174 valence electrons. The summed E-state index contributed by atoms with van der Waals surface area (Å²) in [6.45, 7) is 0. The molecule has 1 saturated carbocycles. The first-order valence-corrected chi connectivity index (χ1v) is 12.3. The van der Waals surface area contributed by atoms with Crippen molar-refractivity contribution in [2.75, 3.05) is 5.73 Å². The summed E-state index contributed by atoms with van der Waals surface area (Å²) in [4.78, 5) is 11.1. The maximum absolute atomic E-state index is 11.1. The second-order valence-corrected chi connectivity index (χ2v) is 9.21. The Morgan fingerprint density at radius 2 is 1.29 bits per heavy atom. The van der Waals surface area contributed by atoms with Gasteiger partial charge < -0.3 is 10.3 Å². The van der Waals surface area contributed by atoms with Crippen LogP contribution in [0.25, 0.3) is 27.5 Å². The predicted octanol–water partition coefficient (Wildman–Crippen LogP) is 7.84. The molecule has 0 amide bonds. The van der Waals surface area contributed by atoms with Crippen molar-refractivity contribution in [3.8, 4) is 5.69 Å². The molecule has 2 N–H and O–H groups in total. The molecular formula is C32H30N2O. The Morgan fingerprint density at radius 1 is 0.686 bits per heavy atom. The van der Waals surface area contributed by atoms with Gasteiger partial charge in [0.1, 0.15) is 6.29 Å². The Labute approximate surface area is 206 Å². The van der Waals surface area contributed by atoms with Crippen LogP contribution in [0, 0.1) is 11.8 Å². The van der Waals surface area contributed by atoms with Crippen LogP contribution < -0.4 is 5.73 Å². The van der Waals surface area contributed by atoms with Crippen LogP contribution in [0.5, 0.6) is 0 Å². The zero-order valence-electron chi connectivity index (χ0n) is 19.8. The first kappa shape index (κ1) is 22.7. The topological polar surface area (TPSA) is 48.0 Å². The normalized spacial score (nSPS) is 17.5. The number of nitrogens with two attached hydrogens (primary N) is 1. The van der Waals surface area contributed by atoms with Crippen molar-refractivity contribution < 1.29 is 4.79 Å². The van der Waals surface area contributed by atoms with Crippen LogP contribution in [0.4, 0.5) is 5.69 Å². The number of allylic oxidation sites excluding steroid dienone is 2. The number of fused-ring (bicyclic) bond motifs is 5. The van der Waals surface area contributed by atoms with Crippen molar-refractivity contribution in [3.63, 3.8) is 0 Å². The standard InChI is InChI=1S/C19H13NO.C7H10.C6H7N/c21-13-14-10-11-17-16-8-4-5-9-18(16)20(19(17)12-14)15-6-2-1-3-7-15;1-2-7-4-3-6(1)5-7;7-6-4-2-1-3-5-6/h1-13H;1-2,6-7H,3-5H2;1-5H,7H2. The molecule has 1 aromatic heterocycles. The summed E-state index contributed by atoms with van der Waals surface area (Å²) < 4.78 is 2.21. The largest absolute Gasteiger partial charge is 0.399 e. The van der Waals surface area contributed by atoms with Crippen molar-refractivity contribution in [1.29, 1.82) is 0 Å². The van der Waals surface area contributed by atoms with Gasteiger partial charge in [0, 0.05) is 27.7 Å². The highest BCUT2D eigenvalue weighted by Gasteiger charge is 2.25. The number of nitrogen functional groups attached to an aromatic ring is 1. The lowest BCUT2D eigenvalue weighted by Gasteiger charge is -2.07. The number of benzene rings is 4. The number of carbonyl (C=O) groups excluding carboxylic acids is 1. The van der Waals surface area contributed by atoms with Crippen LogP contribution in [-0.4, -0.2) is 10.9 Å². The lowest BCUT2D eigenvalue weighted by molar-refractivity contribution is 0.112. The average molecular weight is 459 g/mol. The number of rotatable bonds is 2. The van der Waals surface area contributed by atoms with Crippen LogP contribution in [0.3, 0.4) is 0 Å². The highest BCUT2D eigenvalue weighted by atomic mass is 16.1. The molecule has 2 bridgehead atoms. The number of aromatic nitrogens is 1. The molecule has 4 aromatic carbocycles. The molecule has 2 atom stereocenters. The van der Waals surface area contributed by atoms with Gasteiger partial charge >= 0.3 is 0 Å². The van der Waals surface area contributed by atoms with Crippen LogP contribution in [-0.2, 0) is 0 Å². The van der Waals surface area contributed by atoms with E-state index in [0.29, 0.717) is 5.56 Å². The predicted molar refractivity (Wildman–Crippen MR) is 147 cm³/mol. The minimum Gasteiger partial charge on any atom is -0.399 e. The highest BCUT2D eigenvalue weighted by Crippen LogP contribution is 2.38. The van der Waals surface area contributed by atoms with Crippen LogP contribution >= 0.6 is 0 Å². The van der Waals surface area contributed by atoms with Gasteiger partial charge in [-0.2, -0.15) is 0 Å². The van der Waals surface area contributed by atoms with Gasteiger partial charge in [0.05, 0.1) is 11.0 Å². The van der Waals surface area contributed by atoms with Crippen molar-refractivity contribution in [2.45, 2.75) is 19.3 Å². The molecule has 0 spiro atoms. The van der Waals surface area contributed by atoms with Gasteiger partial charge in [-0.25, -0.2) is 0 Å². The fourth-order valence-corrected chi connectivity index (χ4v) is 5.09. The summed E-state index contributed by atoms with van der Waals surface area (Å²) in [5, 5.41) is 2.37. The Hall–Kier alpha value is -4.11. The van der Waals surface area contributed by atoms with E-state index in [4.69, 9.17) is 5.73 Å². The minimum atomic E-state index is 0.697. The van der Waals surface area contributed by atoms with Gasteiger partial charge in [-0.05, 0) is 67.5 Å². The van der Waals surface area contributed by atoms with E-state index in [1.54, 1.807) is 0 Å². The Balaban J connectivity index is 0.000000146. The molecule has 0 radical (unpaired) electrons. The van der Waals surface area contributed by atoms with E-state index >= 15 is 0 Å². The number of anilines is 1. The van der Waals surface area contributed by atoms with E-state index in [2.05, 4.69) is 41.0 Å². The zero-order chi connectivity index (χ0) is 24.0. The van der Waals surface area contributed by atoms with Gasteiger partial charge in [-0.1, -0.05) is 78.9 Å². The summed E-state index contributed by atoms with van der Waals surface area (Å²) >= 11 is 0. The van der Waals surface area contributed by atoms with E-state index in [1.165, 1.54) is 30.0 Å². The molecule has 5 aromatic rings. The van der Waals surface area contributed by atoms with Crippen molar-refractivity contribution >= 4 is 33.8 Å². The molecule has 1 fully saturated rings. The molecule has 3 heteroatoms. The highest BCUT2D eigenvalue weighted by molar-refractivity contribution is 6.10. The fourth-order valence-electron chi connectivity index (χ4n) is 5.09. The maximum atomic E-state index is 11.1. The molecule has 2 unspecified atom stereocenters. The molecule has 7 rings (SSSR count). The summed E-state index contributed by atoms with van der Waals surface area (Å²) in [5.74, 6) is 1.98. The summed E-state index contributed by atoms with van der Waals surface area (Å²) in [5.41, 5.74) is 10.2. The Kier molecular flexibility index (Phi) is 6.76. The lowest BCUT2D eigenvalue weighted by Crippen LogP contribution is -1.93. The molecule has 3 nitrogen and oxygen atoms in total. The average Bonchev–Trinajstić information content (AvgIpc) is 3.65. The van der Waals surface area contributed by atoms with Gasteiger partial charge in [0.2, 0.25) is 0 Å². The van der Waals surface area contributed by atoms with Gasteiger partial charge in [0.25, 0.3) is 0 Å². The van der Waals surface area contributed by atoms with Crippen LogP contribution in [0.15, 0.2) is 115 Å².